The largest absolute Gasteiger partial charge is 0.355 e. The molecule has 3 nitrogen and oxygen atoms in total. The van der Waals surface area contributed by atoms with Gasteiger partial charge in [0, 0.05) is 54.7 Å². The molecule has 8 aromatic carbocycles. The van der Waals surface area contributed by atoms with E-state index in [0.29, 0.717) is 0 Å². The maximum Gasteiger partial charge on any atom is 0.0541 e. The van der Waals surface area contributed by atoms with Gasteiger partial charge < -0.3 is 14.1 Å². The van der Waals surface area contributed by atoms with Crippen molar-refractivity contribution in [2.24, 2.45) is 0 Å². The number of aromatic amines is 1. The fourth-order valence-corrected chi connectivity index (χ4v) is 9.32. The molecule has 3 heterocycles. The summed E-state index contributed by atoms with van der Waals surface area (Å²) >= 11 is 0. The third kappa shape index (κ3) is 5.49. The first-order chi connectivity index (χ1) is 28.1. The van der Waals surface area contributed by atoms with Crippen LogP contribution in [-0.4, -0.2) is 14.1 Å². The Morgan fingerprint density at radius 1 is 0.351 bits per heavy atom. The van der Waals surface area contributed by atoms with E-state index >= 15 is 0 Å². The summed E-state index contributed by atoms with van der Waals surface area (Å²) in [6.45, 7) is 4.48. The van der Waals surface area contributed by atoms with Gasteiger partial charge in [-0.25, -0.2) is 0 Å². The van der Waals surface area contributed by atoms with Crippen LogP contribution >= 0.6 is 0 Å². The third-order valence-electron chi connectivity index (χ3n) is 12.1. The molecule has 0 saturated heterocycles. The zero-order chi connectivity index (χ0) is 38.0. The first-order valence-corrected chi connectivity index (χ1v) is 20.5. The highest BCUT2D eigenvalue weighted by atomic mass is 15.0. The van der Waals surface area contributed by atoms with Crippen molar-refractivity contribution < 1.29 is 0 Å². The summed E-state index contributed by atoms with van der Waals surface area (Å²) in [6.07, 6.45) is 4.52. The van der Waals surface area contributed by atoms with E-state index in [1.54, 1.807) is 0 Å². The van der Waals surface area contributed by atoms with Crippen LogP contribution in [0.2, 0.25) is 0 Å². The van der Waals surface area contributed by atoms with Gasteiger partial charge in [0.1, 0.15) is 0 Å². The molecule has 57 heavy (non-hydrogen) atoms. The van der Waals surface area contributed by atoms with Crippen LogP contribution < -0.4 is 0 Å². The Morgan fingerprint density at radius 2 is 0.719 bits per heavy atom. The van der Waals surface area contributed by atoms with Gasteiger partial charge in [0.15, 0.2) is 0 Å². The number of H-pyrrole nitrogens is 1. The minimum Gasteiger partial charge on any atom is -0.355 e. The zero-order valence-corrected chi connectivity index (χ0v) is 32.4. The second-order valence-corrected chi connectivity index (χ2v) is 15.6. The van der Waals surface area contributed by atoms with E-state index in [0.717, 1.165) is 36.7 Å². The van der Waals surface area contributed by atoms with Crippen molar-refractivity contribution in [2.45, 2.75) is 39.5 Å². The molecule has 3 aromatic heterocycles. The van der Waals surface area contributed by atoms with Crippen LogP contribution in [0.25, 0.3) is 99.0 Å². The predicted octanol–water partition coefficient (Wildman–Crippen LogP) is 14.8. The molecule has 0 radical (unpaired) electrons. The van der Waals surface area contributed by atoms with E-state index in [1.807, 2.05) is 0 Å². The van der Waals surface area contributed by atoms with Crippen molar-refractivity contribution in [1.82, 2.24) is 14.1 Å². The molecule has 0 bridgehead atoms. The Balaban J connectivity index is 0.998. The van der Waals surface area contributed by atoms with Crippen LogP contribution in [0, 0.1) is 0 Å². The summed E-state index contributed by atoms with van der Waals surface area (Å²) in [7, 11) is 0. The van der Waals surface area contributed by atoms with Crippen molar-refractivity contribution in [3.05, 3.63) is 181 Å². The first-order valence-electron chi connectivity index (χ1n) is 20.5. The van der Waals surface area contributed by atoms with Gasteiger partial charge >= 0.3 is 0 Å². The van der Waals surface area contributed by atoms with E-state index < -0.39 is 0 Å². The van der Waals surface area contributed by atoms with Crippen molar-refractivity contribution in [3.8, 4) is 33.6 Å². The summed E-state index contributed by atoms with van der Waals surface area (Å²) in [5.41, 5.74) is 17.3. The zero-order valence-electron chi connectivity index (χ0n) is 32.4. The minimum atomic E-state index is 1.11. The van der Waals surface area contributed by atoms with Gasteiger partial charge in [0.2, 0.25) is 0 Å². The number of para-hydroxylation sites is 2. The molecule has 1 N–H and O–H groups in total. The summed E-state index contributed by atoms with van der Waals surface area (Å²) < 4.78 is 4.82. The maximum atomic E-state index is 3.70. The summed E-state index contributed by atoms with van der Waals surface area (Å²) in [6, 6.07) is 63.5. The van der Waals surface area contributed by atoms with Gasteiger partial charge in [0.05, 0.1) is 22.1 Å². The molecule has 274 valence electrons. The molecule has 0 aliphatic rings. The van der Waals surface area contributed by atoms with Crippen LogP contribution in [0.5, 0.6) is 0 Å². The fourth-order valence-electron chi connectivity index (χ4n) is 9.32. The molecule has 11 rings (SSSR count). The number of fused-ring (bicyclic) bond motifs is 9. The lowest BCUT2D eigenvalue weighted by molar-refractivity contribution is 0.921. The van der Waals surface area contributed by atoms with Crippen LogP contribution in [0.4, 0.5) is 0 Å². The molecule has 0 saturated carbocycles. The molecule has 11 aromatic rings. The molecule has 0 fully saturated rings. The molecule has 0 amide bonds. The van der Waals surface area contributed by atoms with Crippen LogP contribution in [0.1, 0.15) is 37.8 Å². The Kier molecular flexibility index (Phi) is 7.89. The monoisotopic (exact) mass is 733 g/mol. The Bertz CT molecular complexity index is 3080. The number of hydrogen-bond acceptors (Lipinski definition) is 0. The van der Waals surface area contributed by atoms with Crippen molar-refractivity contribution in [3.63, 3.8) is 0 Å². The lowest BCUT2D eigenvalue weighted by Crippen LogP contribution is -1.94. The summed E-state index contributed by atoms with van der Waals surface area (Å²) in [5, 5.41) is 7.57. The number of nitrogens with one attached hydrogen (secondary N) is 1. The highest BCUT2D eigenvalue weighted by Crippen LogP contribution is 2.39. The van der Waals surface area contributed by atoms with Crippen LogP contribution in [0.15, 0.2) is 170 Å². The van der Waals surface area contributed by atoms with Gasteiger partial charge in [-0.05, 0) is 131 Å². The standard InChI is InChI=1S/C54H43N3/c1-3-9-35-15-23-41(24-16-35)56-51-13-7-5-11-43(51)47-33-39(21-29-53(47)56)37-19-27-49-45(31-37)46-32-38(20-28-50(46)55-49)40-22-30-54-48(34-40)44-12-6-8-14-52(44)57(54)42-25-17-36(10-4-2)18-26-42/h5-8,11-34,55H,3-4,9-10H2,1-2H3. The molecule has 0 spiro atoms. The van der Waals surface area contributed by atoms with Crippen LogP contribution in [0.3, 0.4) is 0 Å². The first kappa shape index (κ1) is 33.5. The highest BCUT2D eigenvalue weighted by molar-refractivity contribution is 6.13. The second kappa shape index (κ2) is 13.4. The third-order valence-corrected chi connectivity index (χ3v) is 12.1. The lowest BCUT2D eigenvalue weighted by atomic mass is 9.98. The Morgan fingerprint density at radius 3 is 1.14 bits per heavy atom. The fraction of sp³-hybridized carbons (Fsp3) is 0.111. The normalized spacial score (nSPS) is 12.0. The SMILES string of the molecule is CCCc1ccc(-n2c3ccccc3c3cc(-c4ccc5[nH]c6ccc(-c7ccc8c(c7)c7ccccc7n8-c7ccc(CCC)cc7)cc6c5c4)ccc32)cc1. The van der Waals surface area contributed by atoms with Gasteiger partial charge in [-0.3, -0.25) is 0 Å². The topological polar surface area (TPSA) is 25.6 Å². The van der Waals surface area contributed by atoms with Gasteiger partial charge in [-0.1, -0.05) is 112 Å². The average Bonchev–Trinajstić information content (AvgIpc) is 3.91. The quantitative estimate of drug-likeness (QED) is 0.161. The molecule has 3 heteroatoms. The van der Waals surface area contributed by atoms with E-state index in [9.17, 15) is 0 Å². The molecule has 0 unspecified atom stereocenters. The smallest absolute Gasteiger partial charge is 0.0541 e. The maximum absolute atomic E-state index is 3.70. The van der Waals surface area contributed by atoms with Gasteiger partial charge in [0.25, 0.3) is 0 Å². The summed E-state index contributed by atoms with van der Waals surface area (Å²) in [4.78, 5) is 3.70. The van der Waals surface area contributed by atoms with Gasteiger partial charge in [-0.2, -0.15) is 0 Å². The van der Waals surface area contributed by atoms with Crippen LogP contribution in [-0.2, 0) is 12.8 Å². The van der Waals surface area contributed by atoms with Crippen molar-refractivity contribution in [2.75, 3.05) is 0 Å². The Labute approximate surface area is 332 Å². The lowest BCUT2D eigenvalue weighted by Gasteiger charge is -2.10. The number of benzene rings is 8. The second-order valence-electron chi connectivity index (χ2n) is 15.6. The molecular formula is C54H43N3. The molecule has 0 aliphatic carbocycles. The van der Waals surface area contributed by atoms with Gasteiger partial charge in [-0.15, -0.1) is 0 Å². The minimum absolute atomic E-state index is 1.11. The van der Waals surface area contributed by atoms with E-state index in [1.165, 1.54) is 99.1 Å². The van der Waals surface area contributed by atoms with E-state index in [2.05, 4.69) is 198 Å². The van der Waals surface area contributed by atoms with E-state index in [-0.39, 0.29) is 0 Å². The number of rotatable bonds is 8. The van der Waals surface area contributed by atoms with Crippen molar-refractivity contribution >= 4 is 65.4 Å². The number of hydrogen-bond donors (Lipinski definition) is 1. The number of aromatic nitrogens is 3. The average molecular weight is 734 g/mol. The van der Waals surface area contributed by atoms with Crippen molar-refractivity contribution in [1.29, 1.82) is 0 Å². The number of aryl methyl sites for hydroxylation is 2. The van der Waals surface area contributed by atoms with E-state index in [4.69, 9.17) is 0 Å². The Hall–Kier alpha value is -6.84. The molecular weight excluding hydrogens is 691 g/mol. The number of nitrogens with zero attached hydrogens (tertiary/aromatic N) is 2. The molecule has 0 aliphatic heterocycles. The predicted molar refractivity (Wildman–Crippen MR) is 243 cm³/mol. The molecule has 0 atom stereocenters. The summed E-state index contributed by atoms with van der Waals surface area (Å²) in [5.74, 6) is 0. The highest BCUT2D eigenvalue weighted by Gasteiger charge is 2.16.